The van der Waals surface area contributed by atoms with Gasteiger partial charge in [-0.25, -0.2) is 4.31 Å². The van der Waals surface area contributed by atoms with Crippen molar-refractivity contribution in [3.05, 3.63) is 64.7 Å². The van der Waals surface area contributed by atoms with Crippen LogP contribution in [0.3, 0.4) is 0 Å². The summed E-state index contributed by atoms with van der Waals surface area (Å²) >= 11 is 0. The minimum atomic E-state index is -4.00. The summed E-state index contributed by atoms with van der Waals surface area (Å²) in [6, 6.07) is 12.4. The van der Waals surface area contributed by atoms with Gasteiger partial charge in [0.15, 0.2) is 0 Å². The summed E-state index contributed by atoms with van der Waals surface area (Å²) in [6.07, 6.45) is 0.378. The molecule has 1 atom stereocenters. The number of nitrogens with one attached hydrogen (secondary N) is 1. The van der Waals surface area contributed by atoms with Crippen LogP contribution in [0.15, 0.2) is 42.5 Å². The van der Waals surface area contributed by atoms with E-state index in [4.69, 9.17) is 0 Å². The molecule has 9 heteroatoms. The molecular weight excluding hydrogens is 488 g/mol. The third-order valence-electron chi connectivity index (χ3n) is 6.14. The quantitative estimate of drug-likeness (QED) is 0.504. The smallest absolute Gasteiger partial charge is 0.304 e. The average Bonchev–Trinajstić information content (AvgIpc) is 2.78. The van der Waals surface area contributed by atoms with Crippen LogP contribution >= 0.6 is 0 Å². The summed E-state index contributed by atoms with van der Waals surface area (Å²) in [5, 5.41) is 2.98. The largest absolute Gasteiger partial charge is 0.350 e. The minimum Gasteiger partial charge on any atom is -0.350 e. The zero-order chi connectivity index (χ0) is 28.1. The lowest BCUT2D eigenvalue weighted by Crippen LogP contribution is -2.55. The van der Waals surface area contributed by atoms with E-state index in [1.54, 1.807) is 6.07 Å². The molecule has 2 aromatic rings. The number of nitrogens with zero attached hydrogens (tertiary/aromatic N) is 3. The van der Waals surface area contributed by atoms with Crippen molar-refractivity contribution in [2.75, 3.05) is 24.9 Å². The Bertz CT molecular complexity index is 1220. The molecule has 2 aromatic carbocycles. The molecule has 2 rings (SSSR count). The third kappa shape index (κ3) is 7.79. The van der Waals surface area contributed by atoms with Crippen molar-refractivity contribution in [1.29, 1.82) is 0 Å². The van der Waals surface area contributed by atoms with E-state index in [0.717, 1.165) is 30.9 Å². The van der Waals surface area contributed by atoms with Crippen LogP contribution in [0.4, 0.5) is 5.69 Å². The summed E-state index contributed by atoms with van der Waals surface area (Å²) in [4.78, 5) is 28.8. The van der Waals surface area contributed by atoms with Gasteiger partial charge in [-0.1, -0.05) is 43.3 Å². The molecule has 1 unspecified atom stereocenters. The van der Waals surface area contributed by atoms with Gasteiger partial charge in [-0.3, -0.25) is 9.59 Å². The maximum absolute atomic E-state index is 14.0. The Morgan fingerprint density at radius 2 is 1.59 bits per heavy atom. The normalized spacial score (nSPS) is 12.8. The van der Waals surface area contributed by atoms with Crippen molar-refractivity contribution in [3.63, 3.8) is 0 Å². The molecule has 0 bridgehead atoms. The standard InChI is InChI=1S/C28H42N4O4S/c1-10-24(27(34)29-28(5,6)7)31(18-23-14-12-11-13-21(23)3)26(33)19-32(37(35,36)30(8)9)25-17-20(2)15-16-22(25)4/h11-17,24H,10,18-19H2,1-9H3,(H,29,34). The van der Waals surface area contributed by atoms with Gasteiger partial charge in [0.2, 0.25) is 11.8 Å². The molecular formula is C28H42N4O4S. The summed E-state index contributed by atoms with van der Waals surface area (Å²) in [7, 11) is -1.13. The molecule has 0 radical (unpaired) electrons. The van der Waals surface area contributed by atoms with Crippen LogP contribution < -0.4 is 9.62 Å². The second-order valence-corrected chi connectivity index (χ2v) is 12.8. The number of anilines is 1. The zero-order valence-electron chi connectivity index (χ0n) is 23.6. The molecule has 1 N–H and O–H groups in total. The van der Waals surface area contributed by atoms with E-state index in [1.807, 2.05) is 84.9 Å². The van der Waals surface area contributed by atoms with Crippen LogP contribution in [0, 0.1) is 20.8 Å². The Hall–Kier alpha value is -2.91. The Labute approximate surface area is 222 Å². The van der Waals surface area contributed by atoms with Crippen molar-refractivity contribution >= 4 is 27.7 Å². The Balaban J connectivity index is 2.59. The fourth-order valence-corrected chi connectivity index (χ4v) is 5.15. The van der Waals surface area contributed by atoms with Crippen LogP contribution in [0.5, 0.6) is 0 Å². The van der Waals surface area contributed by atoms with Gasteiger partial charge in [0, 0.05) is 26.2 Å². The highest BCUT2D eigenvalue weighted by Crippen LogP contribution is 2.26. The molecule has 0 spiro atoms. The Morgan fingerprint density at radius 1 is 0.973 bits per heavy atom. The van der Waals surface area contributed by atoms with E-state index in [-0.39, 0.29) is 12.5 Å². The van der Waals surface area contributed by atoms with E-state index in [1.165, 1.54) is 19.0 Å². The van der Waals surface area contributed by atoms with Crippen LogP contribution in [0.25, 0.3) is 0 Å². The summed E-state index contributed by atoms with van der Waals surface area (Å²) < 4.78 is 29.1. The van der Waals surface area contributed by atoms with E-state index >= 15 is 0 Å². The lowest BCUT2D eigenvalue weighted by atomic mass is 10.0. The first-order chi connectivity index (χ1) is 17.1. The summed E-state index contributed by atoms with van der Waals surface area (Å²) in [5.74, 6) is -0.726. The van der Waals surface area contributed by atoms with Crippen LogP contribution in [0.1, 0.15) is 56.4 Å². The van der Waals surface area contributed by atoms with Gasteiger partial charge in [0.1, 0.15) is 12.6 Å². The van der Waals surface area contributed by atoms with Gasteiger partial charge >= 0.3 is 10.2 Å². The number of carbonyl (C=O) groups is 2. The first-order valence-corrected chi connectivity index (χ1v) is 13.9. The van der Waals surface area contributed by atoms with Crippen molar-refractivity contribution < 1.29 is 18.0 Å². The Kier molecular flexibility index (Phi) is 9.91. The van der Waals surface area contributed by atoms with Gasteiger partial charge in [0.25, 0.3) is 0 Å². The highest BCUT2D eigenvalue weighted by molar-refractivity contribution is 7.90. The second kappa shape index (κ2) is 12.1. The van der Waals surface area contributed by atoms with E-state index in [2.05, 4.69) is 5.32 Å². The van der Waals surface area contributed by atoms with Gasteiger partial charge < -0.3 is 10.2 Å². The monoisotopic (exact) mass is 530 g/mol. The highest BCUT2D eigenvalue weighted by Gasteiger charge is 2.35. The molecule has 0 aliphatic heterocycles. The SMILES string of the molecule is CCC(C(=O)NC(C)(C)C)N(Cc1ccccc1C)C(=O)CN(c1cc(C)ccc1C)S(=O)(=O)N(C)C. The molecule has 2 amide bonds. The third-order valence-corrected chi connectivity index (χ3v) is 7.94. The number of rotatable bonds is 10. The molecule has 204 valence electrons. The lowest BCUT2D eigenvalue weighted by Gasteiger charge is -2.35. The van der Waals surface area contributed by atoms with Gasteiger partial charge in [-0.15, -0.1) is 0 Å². The van der Waals surface area contributed by atoms with Gasteiger partial charge in [0.05, 0.1) is 5.69 Å². The summed E-state index contributed by atoms with van der Waals surface area (Å²) in [6.45, 7) is 12.9. The first-order valence-electron chi connectivity index (χ1n) is 12.5. The zero-order valence-corrected chi connectivity index (χ0v) is 24.4. The molecule has 0 saturated carbocycles. The number of aryl methyl sites for hydroxylation is 3. The second-order valence-electron chi connectivity index (χ2n) is 10.7. The number of hydrogen-bond acceptors (Lipinski definition) is 4. The Morgan fingerprint density at radius 3 is 2.14 bits per heavy atom. The van der Waals surface area contributed by atoms with Crippen LogP contribution in [0.2, 0.25) is 0 Å². The summed E-state index contributed by atoms with van der Waals surface area (Å²) in [5.41, 5.74) is 3.43. The molecule has 37 heavy (non-hydrogen) atoms. The van der Waals surface area contributed by atoms with Crippen LogP contribution in [-0.2, 0) is 26.3 Å². The number of hydrogen-bond donors (Lipinski definition) is 1. The number of amides is 2. The fraction of sp³-hybridized carbons (Fsp3) is 0.500. The molecule has 0 fully saturated rings. The molecule has 0 heterocycles. The molecule has 0 aromatic heterocycles. The van der Waals surface area contributed by atoms with Crippen LogP contribution in [-0.4, -0.2) is 61.7 Å². The fourth-order valence-electron chi connectivity index (χ4n) is 4.03. The highest BCUT2D eigenvalue weighted by atomic mass is 32.2. The minimum absolute atomic E-state index is 0.185. The number of carbonyl (C=O) groups excluding carboxylic acids is 2. The predicted octanol–water partition coefficient (Wildman–Crippen LogP) is 3.95. The van der Waals surface area contributed by atoms with Gasteiger partial charge in [-0.2, -0.15) is 12.7 Å². The topological polar surface area (TPSA) is 90.0 Å². The van der Waals surface area contributed by atoms with E-state index < -0.39 is 34.2 Å². The van der Waals surface area contributed by atoms with E-state index in [9.17, 15) is 18.0 Å². The van der Waals surface area contributed by atoms with Crippen molar-refractivity contribution in [1.82, 2.24) is 14.5 Å². The maximum Gasteiger partial charge on any atom is 0.304 e. The first kappa shape index (κ1) is 30.3. The van der Waals surface area contributed by atoms with Crippen molar-refractivity contribution in [3.8, 4) is 0 Å². The van der Waals surface area contributed by atoms with Crippen molar-refractivity contribution in [2.45, 2.75) is 73.0 Å². The predicted molar refractivity (Wildman–Crippen MR) is 150 cm³/mol. The molecule has 0 saturated heterocycles. The van der Waals surface area contributed by atoms with Crippen molar-refractivity contribution in [2.24, 2.45) is 0 Å². The van der Waals surface area contributed by atoms with Gasteiger partial charge in [-0.05, 0) is 76.3 Å². The van der Waals surface area contributed by atoms with E-state index in [0.29, 0.717) is 12.1 Å². The maximum atomic E-state index is 14.0. The lowest BCUT2D eigenvalue weighted by molar-refractivity contribution is -0.141. The molecule has 8 nitrogen and oxygen atoms in total. The average molecular weight is 531 g/mol. The molecule has 0 aliphatic carbocycles. The number of benzene rings is 2. The molecule has 0 aliphatic rings.